The molecule has 0 aromatic heterocycles. The Bertz CT molecular complexity index is 233. The van der Waals surface area contributed by atoms with Crippen molar-refractivity contribution in [2.45, 2.75) is 44.9 Å². The Kier molecular flexibility index (Phi) is 5.83. The van der Waals surface area contributed by atoms with Gasteiger partial charge in [0.1, 0.15) is 0 Å². The minimum absolute atomic E-state index is 0.656. The van der Waals surface area contributed by atoms with E-state index in [1.54, 1.807) is 6.08 Å². The zero-order valence-electron chi connectivity index (χ0n) is 9.19. The van der Waals surface area contributed by atoms with Crippen molar-refractivity contribution >= 4 is 5.97 Å². The van der Waals surface area contributed by atoms with Gasteiger partial charge < -0.3 is 5.11 Å². The summed E-state index contributed by atoms with van der Waals surface area (Å²) in [4.78, 5) is 10.2. The molecule has 0 saturated heterocycles. The van der Waals surface area contributed by atoms with Gasteiger partial charge in [0.05, 0.1) is 0 Å². The fourth-order valence-corrected chi connectivity index (χ4v) is 2.04. The van der Waals surface area contributed by atoms with Crippen molar-refractivity contribution in [2.75, 3.05) is 0 Å². The summed E-state index contributed by atoms with van der Waals surface area (Å²) in [6.07, 6.45) is 16.1. The quantitative estimate of drug-likeness (QED) is 0.569. The second-order valence-corrected chi connectivity index (χ2v) is 4.19. The van der Waals surface area contributed by atoms with Crippen molar-refractivity contribution in [1.29, 1.82) is 0 Å². The third-order valence-corrected chi connectivity index (χ3v) is 2.88. The van der Waals surface area contributed by atoms with Gasteiger partial charge in [0.15, 0.2) is 0 Å². The maximum absolute atomic E-state index is 10.2. The smallest absolute Gasteiger partial charge is 0.328 e. The highest BCUT2D eigenvalue weighted by Gasteiger charge is 2.07. The van der Waals surface area contributed by atoms with E-state index in [1.807, 2.05) is 6.08 Å². The lowest BCUT2D eigenvalue weighted by Crippen LogP contribution is -2.00. The molecule has 0 radical (unpaired) electrons. The summed E-state index contributed by atoms with van der Waals surface area (Å²) >= 11 is 0. The summed E-state index contributed by atoms with van der Waals surface area (Å²) in [6.45, 7) is 0. The van der Waals surface area contributed by atoms with Crippen molar-refractivity contribution in [3.05, 3.63) is 24.3 Å². The first-order valence-corrected chi connectivity index (χ1v) is 5.87. The molecule has 0 spiro atoms. The number of rotatable bonds is 3. The van der Waals surface area contributed by atoms with E-state index >= 15 is 0 Å². The van der Waals surface area contributed by atoms with Crippen LogP contribution in [0.2, 0.25) is 0 Å². The number of allylic oxidation sites excluding steroid dienone is 3. The Morgan fingerprint density at radius 1 is 1.00 bits per heavy atom. The van der Waals surface area contributed by atoms with Gasteiger partial charge in [0.2, 0.25) is 0 Å². The van der Waals surface area contributed by atoms with Crippen LogP contribution in [0, 0.1) is 5.92 Å². The lowest BCUT2D eigenvalue weighted by atomic mass is 9.91. The standard InChI is InChI=1S/C13H20O2/c14-13(15)11-7-6-10-12-8-4-2-1-3-5-9-12/h6-7,10-12H,1-5,8-9H2,(H,14,15)/b10-6+,11-7+. The number of carboxylic acid groups (broad SMARTS) is 1. The van der Waals surface area contributed by atoms with E-state index < -0.39 is 5.97 Å². The third-order valence-electron chi connectivity index (χ3n) is 2.88. The number of carboxylic acids is 1. The van der Waals surface area contributed by atoms with Gasteiger partial charge in [-0.05, 0) is 18.8 Å². The van der Waals surface area contributed by atoms with Crippen LogP contribution in [0.15, 0.2) is 24.3 Å². The highest BCUT2D eigenvalue weighted by Crippen LogP contribution is 2.22. The molecule has 84 valence electrons. The maximum atomic E-state index is 10.2. The minimum atomic E-state index is -0.877. The number of hydrogen-bond donors (Lipinski definition) is 1. The zero-order chi connectivity index (χ0) is 10.9. The van der Waals surface area contributed by atoms with Gasteiger partial charge in [-0.25, -0.2) is 4.79 Å². The van der Waals surface area contributed by atoms with E-state index in [9.17, 15) is 4.79 Å². The van der Waals surface area contributed by atoms with Crippen molar-refractivity contribution < 1.29 is 9.90 Å². The molecule has 1 N–H and O–H groups in total. The SMILES string of the molecule is O=C(O)/C=C/C=C/C1CCCCCCC1. The maximum Gasteiger partial charge on any atom is 0.328 e. The van der Waals surface area contributed by atoms with Crippen LogP contribution in [0.3, 0.4) is 0 Å². The Labute approximate surface area is 91.7 Å². The van der Waals surface area contributed by atoms with Gasteiger partial charge in [-0.2, -0.15) is 0 Å². The number of hydrogen-bond acceptors (Lipinski definition) is 1. The fraction of sp³-hybridized carbons (Fsp3) is 0.615. The molecular formula is C13H20O2. The van der Waals surface area contributed by atoms with Crippen molar-refractivity contribution in [2.24, 2.45) is 5.92 Å². The second-order valence-electron chi connectivity index (χ2n) is 4.19. The average molecular weight is 208 g/mol. The van der Waals surface area contributed by atoms with Crippen molar-refractivity contribution in [1.82, 2.24) is 0 Å². The molecule has 0 aliphatic heterocycles. The molecule has 1 rings (SSSR count). The van der Waals surface area contributed by atoms with Gasteiger partial charge in [-0.3, -0.25) is 0 Å². The van der Waals surface area contributed by atoms with Gasteiger partial charge in [0.25, 0.3) is 0 Å². The topological polar surface area (TPSA) is 37.3 Å². The van der Waals surface area contributed by atoms with Gasteiger partial charge in [-0.15, -0.1) is 0 Å². The normalized spacial score (nSPS) is 20.5. The molecule has 0 aromatic carbocycles. The highest BCUT2D eigenvalue weighted by molar-refractivity contribution is 5.80. The van der Waals surface area contributed by atoms with E-state index in [0.29, 0.717) is 5.92 Å². The first-order valence-electron chi connectivity index (χ1n) is 5.87. The summed E-state index contributed by atoms with van der Waals surface area (Å²) in [5.74, 6) is -0.221. The Hall–Kier alpha value is -1.05. The van der Waals surface area contributed by atoms with E-state index in [4.69, 9.17) is 5.11 Å². The van der Waals surface area contributed by atoms with E-state index in [2.05, 4.69) is 6.08 Å². The average Bonchev–Trinajstić information content (AvgIpc) is 2.14. The molecule has 2 heteroatoms. The summed E-state index contributed by atoms with van der Waals surface area (Å²) < 4.78 is 0. The Balaban J connectivity index is 2.31. The minimum Gasteiger partial charge on any atom is -0.478 e. The predicted molar refractivity (Wildman–Crippen MR) is 61.7 cm³/mol. The summed E-state index contributed by atoms with van der Waals surface area (Å²) in [5.41, 5.74) is 0. The van der Waals surface area contributed by atoms with E-state index in [-0.39, 0.29) is 0 Å². The lowest BCUT2D eigenvalue weighted by molar-refractivity contribution is -0.131. The molecule has 2 nitrogen and oxygen atoms in total. The molecule has 0 heterocycles. The molecule has 0 atom stereocenters. The summed E-state index contributed by atoms with van der Waals surface area (Å²) in [5, 5.41) is 8.41. The van der Waals surface area contributed by atoms with E-state index in [0.717, 1.165) is 0 Å². The molecule has 1 fully saturated rings. The first-order chi connectivity index (χ1) is 7.29. The lowest BCUT2D eigenvalue weighted by Gasteiger charge is -2.15. The van der Waals surface area contributed by atoms with Crippen LogP contribution in [0.1, 0.15) is 44.9 Å². The predicted octanol–water partition coefficient (Wildman–Crippen LogP) is 3.54. The number of aliphatic carboxylic acids is 1. The van der Waals surface area contributed by atoms with Crippen LogP contribution in [-0.2, 0) is 4.79 Å². The molecule has 1 aliphatic rings. The molecule has 0 aromatic rings. The molecule has 15 heavy (non-hydrogen) atoms. The molecule has 0 amide bonds. The zero-order valence-corrected chi connectivity index (χ0v) is 9.19. The summed E-state index contributed by atoms with van der Waals surface area (Å²) in [6, 6.07) is 0. The number of carbonyl (C=O) groups is 1. The largest absolute Gasteiger partial charge is 0.478 e. The summed E-state index contributed by atoms with van der Waals surface area (Å²) in [7, 11) is 0. The second kappa shape index (κ2) is 7.27. The van der Waals surface area contributed by atoms with Gasteiger partial charge >= 0.3 is 5.97 Å². The monoisotopic (exact) mass is 208 g/mol. The van der Waals surface area contributed by atoms with Crippen LogP contribution in [0.4, 0.5) is 0 Å². The van der Waals surface area contributed by atoms with Gasteiger partial charge in [-0.1, -0.05) is 50.3 Å². The van der Waals surface area contributed by atoms with Crippen LogP contribution >= 0.6 is 0 Å². The molecule has 0 bridgehead atoms. The Morgan fingerprint density at radius 2 is 1.60 bits per heavy atom. The van der Waals surface area contributed by atoms with E-state index in [1.165, 1.54) is 51.0 Å². The van der Waals surface area contributed by atoms with Crippen LogP contribution < -0.4 is 0 Å². The van der Waals surface area contributed by atoms with Crippen LogP contribution in [-0.4, -0.2) is 11.1 Å². The molecule has 1 aliphatic carbocycles. The fourth-order valence-electron chi connectivity index (χ4n) is 2.04. The van der Waals surface area contributed by atoms with Crippen molar-refractivity contribution in [3.63, 3.8) is 0 Å². The van der Waals surface area contributed by atoms with Crippen LogP contribution in [0.5, 0.6) is 0 Å². The molecule has 1 saturated carbocycles. The first kappa shape index (κ1) is 12.0. The molecular weight excluding hydrogens is 188 g/mol. The molecule has 0 unspecified atom stereocenters. The third kappa shape index (κ3) is 6.10. The van der Waals surface area contributed by atoms with Gasteiger partial charge in [0, 0.05) is 6.08 Å². The Morgan fingerprint density at radius 3 is 2.20 bits per heavy atom. The van der Waals surface area contributed by atoms with Crippen LogP contribution in [0.25, 0.3) is 0 Å². The van der Waals surface area contributed by atoms with Crippen molar-refractivity contribution in [3.8, 4) is 0 Å². The highest BCUT2D eigenvalue weighted by atomic mass is 16.4.